The maximum Gasteiger partial charge on any atom is 0.350 e. The number of thiazole rings is 1. The average Bonchev–Trinajstić information content (AvgIpc) is 2.94. The van der Waals surface area contributed by atoms with Crippen LogP contribution in [0.5, 0.6) is 0 Å². The lowest BCUT2D eigenvalue weighted by Gasteiger charge is -1.98. The molecular weight excluding hydrogens is 346 g/mol. The molecule has 0 aliphatic heterocycles. The minimum Gasteiger partial charge on any atom is -0.462 e. The molecule has 0 bridgehead atoms. The fourth-order valence-electron chi connectivity index (χ4n) is 1.86. The molecular formula is C16H15N3O5S. The van der Waals surface area contributed by atoms with Gasteiger partial charge in [0.15, 0.2) is 5.13 Å². The first-order valence-corrected chi connectivity index (χ1v) is 8.10. The first kappa shape index (κ1) is 18.3. The van der Waals surface area contributed by atoms with Gasteiger partial charge in [-0.05, 0) is 37.6 Å². The molecule has 1 aromatic heterocycles. The minimum absolute atomic E-state index is 0.0219. The van der Waals surface area contributed by atoms with Crippen molar-refractivity contribution in [2.75, 3.05) is 11.9 Å². The standard InChI is InChI=1S/C16H15N3O5S/c1-3-24-15(21)14-10(2)17-16(25-14)18-13(20)9-6-11-4-7-12(8-5-11)19(22)23/h4-9H,3H2,1-2H3,(H,17,18,20)/b9-6+. The molecule has 0 aliphatic carbocycles. The van der Waals surface area contributed by atoms with Crippen LogP contribution >= 0.6 is 11.3 Å². The van der Waals surface area contributed by atoms with Crippen LogP contribution in [-0.2, 0) is 9.53 Å². The van der Waals surface area contributed by atoms with Crippen molar-refractivity contribution >= 4 is 40.1 Å². The van der Waals surface area contributed by atoms with Gasteiger partial charge in [-0.25, -0.2) is 9.78 Å². The van der Waals surface area contributed by atoms with Crippen molar-refractivity contribution < 1.29 is 19.2 Å². The number of anilines is 1. The van der Waals surface area contributed by atoms with E-state index in [4.69, 9.17) is 4.74 Å². The summed E-state index contributed by atoms with van der Waals surface area (Å²) in [6.07, 6.45) is 2.80. The number of carbonyl (C=O) groups is 2. The Bertz CT molecular complexity index is 827. The molecule has 25 heavy (non-hydrogen) atoms. The van der Waals surface area contributed by atoms with Gasteiger partial charge in [-0.1, -0.05) is 11.3 Å². The molecule has 1 heterocycles. The second-order valence-corrected chi connectivity index (χ2v) is 5.82. The van der Waals surface area contributed by atoms with Crippen molar-refractivity contribution in [2.24, 2.45) is 0 Å². The van der Waals surface area contributed by atoms with E-state index < -0.39 is 16.8 Å². The molecule has 2 rings (SSSR count). The van der Waals surface area contributed by atoms with E-state index in [0.29, 0.717) is 21.3 Å². The number of aryl methyl sites for hydroxylation is 1. The third kappa shape index (κ3) is 4.95. The highest BCUT2D eigenvalue weighted by atomic mass is 32.1. The number of nitrogens with zero attached hydrogens (tertiary/aromatic N) is 2. The fourth-order valence-corrected chi connectivity index (χ4v) is 2.73. The van der Waals surface area contributed by atoms with Gasteiger partial charge < -0.3 is 4.74 Å². The molecule has 0 radical (unpaired) electrons. The van der Waals surface area contributed by atoms with Crippen molar-refractivity contribution in [2.45, 2.75) is 13.8 Å². The van der Waals surface area contributed by atoms with E-state index >= 15 is 0 Å². The number of nitro benzene ring substituents is 1. The molecule has 0 saturated carbocycles. The SMILES string of the molecule is CCOC(=O)c1sc(NC(=O)/C=C/c2ccc([N+](=O)[O-])cc2)nc1C. The number of aromatic nitrogens is 1. The van der Waals surface area contributed by atoms with E-state index in [1.54, 1.807) is 13.8 Å². The zero-order valence-electron chi connectivity index (χ0n) is 13.5. The van der Waals surface area contributed by atoms with E-state index in [9.17, 15) is 19.7 Å². The molecule has 0 fully saturated rings. The summed E-state index contributed by atoms with van der Waals surface area (Å²) < 4.78 is 4.92. The van der Waals surface area contributed by atoms with Crippen LogP contribution in [0.4, 0.5) is 10.8 Å². The molecule has 130 valence electrons. The second kappa shape index (κ2) is 8.15. The Kier molecular flexibility index (Phi) is 5.96. The molecule has 0 saturated heterocycles. The Hall–Kier alpha value is -3.07. The molecule has 0 unspecified atom stereocenters. The molecule has 1 amide bonds. The fraction of sp³-hybridized carbons (Fsp3) is 0.188. The summed E-state index contributed by atoms with van der Waals surface area (Å²) in [4.78, 5) is 38.2. The number of non-ortho nitro benzene ring substituents is 1. The Morgan fingerprint density at radius 1 is 1.36 bits per heavy atom. The number of nitro groups is 1. The topological polar surface area (TPSA) is 111 Å². The minimum atomic E-state index is -0.494. The normalized spacial score (nSPS) is 10.6. The molecule has 9 heteroatoms. The van der Waals surface area contributed by atoms with Gasteiger partial charge in [0.2, 0.25) is 5.91 Å². The van der Waals surface area contributed by atoms with E-state index in [1.807, 2.05) is 0 Å². The number of hydrogen-bond acceptors (Lipinski definition) is 7. The summed E-state index contributed by atoms with van der Waals surface area (Å²) in [7, 11) is 0. The summed E-state index contributed by atoms with van der Waals surface area (Å²) in [5, 5.41) is 13.4. The van der Waals surface area contributed by atoms with Gasteiger partial charge in [-0.15, -0.1) is 0 Å². The Morgan fingerprint density at radius 3 is 2.64 bits per heavy atom. The van der Waals surface area contributed by atoms with Crippen LogP contribution < -0.4 is 5.32 Å². The number of nitrogens with one attached hydrogen (secondary N) is 1. The van der Waals surface area contributed by atoms with E-state index in [1.165, 1.54) is 36.4 Å². The average molecular weight is 361 g/mol. The van der Waals surface area contributed by atoms with Gasteiger partial charge in [0.25, 0.3) is 5.69 Å². The first-order chi connectivity index (χ1) is 11.9. The Labute approximate surface area is 147 Å². The summed E-state index contributed by atoms with van der Waals surface area (Å²) in [5.74, 6) is -0.901. The number of esters is 1. The van der Waals surface area contributed by atoms with Gasteiger partial charge in [-0.3, -0.25) is 20.2 Å². The quantitative estimate of drug-likeness (QED) is 0.366. The van der Waals surface area contributed by atoms with Crippen LogP contribution in [0.15, 0.2) is 30.3 Å². The van der Waals surface area contributed by atoms with Crippen molar-refractivity contribution in [1.29, 1.82) is 0 Å². The van der Waals surface area contributed by atoms with Crippen molar-refractivity contribution in [3.8, 4) is 0 Å². The third-order valence-corrected chi connectivity index (χ3v) is 4.07. The molecule has 2 aromatic rings. The number of amides is 1. The largest absolute Gasteiger partial charge is 0.462 e. The number of hydrogen-bond donors (Lipinski definition) is 1. The smallest absolute Gasteiger partial charge is 0.350 e. The molecule has 0 atom stereocenters. The zero-order chi connectivity index (χ0) is 18.4. The summed E-state index contributed by atoms with van der Waals surface area (Å²) >= 11 is 1.04. The van der Waals surface area contributed by atoms with Crippen LogP contribution in [0.25, 0.3) is 6.08 Å². The summed E-state index contributed by atoms with van der Waals surface area (Å²) in [6.45, 7) is 3.63. The maximum atomic E-state index is 11.9. The molecule has 8 nitrogen and oxygen atoms in total. The number of rotatable bonds is 6. The maximum absolute atomic E-state index is 11.9. The molecule has 1 N–H and O–H groups in total. The van der Waals surface area contributed by atoms with E-state index in [2.05, 4.69) is 10.3 Å². The lowest BCUT2D eigenvalue weighted by Crippen LogP contribution is -2.07. The van der Waals surface area contributed by atoms with Crippen LogP contribution in [0, 0.1) is 17.0 Å². The predicted octanol–water partition coefficient (Wildman–Crippen LogP) is 3.19. The van der Waals surface area contributed by atoms with Gasteiger partial charge in [0.1, 0.15) is 4.88 Å². The van der Waals surface area contributed by atoms with Crippen LogP contribution in [0.1, 0.15) is 27.9 Å². The first-order valence-electron chi connectivity index (χ1n) is 7.28. The van der Waals surface area contributed by atoms with Gasteiger partial charge in [0.05, 0.1) is 17.2 Å². The lowest BCUT2D eigenvalue weighted by atomic mass is 10.2. The van der Waals surface area contributed by atoms with Gasteiger partial charge >= 0.3 is 5.97 Å². The third-order valence-electron chi connectivity index (χ3n) is 3.02. The van der Waals surface area contributed by atoms with Gasteiger partial charge in [0, 0.05) is 18.2 Å². The summed E-state index contributed by atoms with van der Waals surface area (Å²) in [5.41, 5.74) is 1.10. The molecule has 1 aromatic carbocycles. The number of benzene rings is 1. The van der Waals surface area contributed by atoms with Crippen LogP contribution in [0.3, 0.4) is 0 Å². The predicted molar refractivity (Wildman–Crippen MR) is 93.6 cm³/mol. The number of carbonyl (C=O) groups excluding carboxylic acids is 2. The Morgan fingerprint density at radius 2 is 2.04 bits per heavy atom. The van der Waals surface area contributed by atoms with Gasteiger partial charge in [-0.2, -0.15) is 0 Å². The highest BCUT2D eigenvalue weighted by molar-refractivity contribution is 7.17. The Balaban J connectivity index is 2.01. The van der Waals surface area contributed by atoms with E-state index in [0.717, 1.165) is 11.3 Å². The number of ether oxygens (including phenoxy) is 1. The summed E-state index contributed by atoms with van der Waals surface area (Å²) in [6, 6.07) is 5.78. The van der Waals surface area contributed by atoms with Crippen molar-refractivity contribution in [3.05, 3.63) is 56.6 Å². The van der Waals surface area contributed by atoms with Crippen LogP contribution in [0.2, 0.25) is 0 Å². The second-order valence-electron chi connectivity index (χ2n) is 4.83. The highest BCUT2D eigenvalue weighted by Crippen LogP contribution is 2.23. The van der Waals surface area contributed by atoms with Crippen molar-refractivity contribution in [1.82, 2.24) is 4.98 Å². The van der Waals surface area contributed by atoms with Crippen molar-refractivity contribution in [3.63, 3.8) is 0 Å². The highest BCUT2D eigenvalue weighted by Gasteiger charge is 2.16. The molecule has 0 spiro atoms. The monoisotopic (exact) mass is 361 g/mol. The zero-order valence-corrected chi connectivity index (χ0v) is 14.3. The van der Waals surface area contributed by atoms with E-state index in [-0.39, 0.29) is 12.3 Å². The lowest BCUT2D eigenvalue weighted by molar-refractivity contribution is -0.384. The van der Waals surface area contributed by atoms with Crippen LogP contribution in [-0.4, -0.2) is 28.4 Å². The molecule has 0 aliphatic rings.